The Balaban J connectivity index is 2.00. The normalized spacial score (nSPS) is 12.4. The van der Waals surface area contributed by atoms with Crippen LogP contribution in [0.15, 0.2) is 30.6 Å². The molecule has 5 nitrogen and oxygen atoms in total. The summed E-state index contributed by atoms with van der Waals surface area (Å²) >= 11 is 6.04. The molecule has 1 heterocycles. The van der Waals surface area contributed by atoms with Crippen molar-refractivity contribution in [3.63, 3.8) is 0 Å². The number of nitrogens with one attached hydrogen (secondary N) is 1. The Labute approximate surface area is 135 Å². The lowest BCUT2D eigenvalue weighted by molar-refractivity contribution is -0.123. The van der Waals surface area contributed by atoms with E-state index in [0.29, 0.717) is 18.0 Å². The van der Waals surface area contributed by atoms with E-state index in [1.165, 1.54) is 0 Å². The van der Waals surface area contributed by atoms with Gasteiger partial charge < -0.3 is 9.88 Å². The van der Waals surface area contributed by atoms with E-state index < -0.39 is 0 Å². The zero-order valence-electron chi connectivity index (χ0n) is 13.1. The Hall–Kier alpha value is -1.88. The monoisotopic (exact) mass is 320 g/mol. The lowest BCUT2D eigenvalue weighted by Gasteiger charge is -2.21. The number of carbonyl (C=O) groups excluding carboxylic acids is 1. The number of carbonyl (C=O) groups is 1. The SMILES string of the molecule is CC(C)C(C(=O)NCCc1nncn1C)c1cccc(Cl)c1. The number of halogens is 1. The molecule has 6 heteroatoms. The van der Waals surface area contributed by atoms with Gasteiger partial charge in [-0.3, -0.25) is 4.79 Å². The van der Waals surface area contributed by atoms with Gasteiger partial charge in [-0.05, 0) is 23.6 Å². The fraction of sp³-hybridized carbons (Fsp3) is 0.438. The van der Waals surface area contributed by atoms with E-state index in [9.17, 15) is 4.79 Å². The van der Waals surface area contributed by atoms with Crippen molar-refractivity contribution in [2.75, 3.05) is 6.54 Å². The summed E-state index contributed by atoms with van der Waals surface area (Å²) in [4.78, 5) is 12.5. The van der Waals surface area contributed by atoms with E-state index in [4.69, 9.17) is 11.6 Å². The average molecular weight is 321 g/mol. The molecular formula is C16H21ClN4O. The molecular weight excluding hydrogens is 300 g/mol. The highest BCUT2D eigenvalue weighted by molar-refractivity contribution is 6.30. The topological polar surface area (TPSA) is 59.8 Å². The summed E-state index contributed by atoms with van der Waals surface area (Å²) in [5.41, 5.74) is 0.943. The van der Waals surface area contributed by atoms with Crippen molar-refractivity contribution in [3.05, 3.63) is 47.0 Å². The Kier molecular flexibility index (Phi) is 5.55. The van der Waals surface area contributed by atoms with Gasteiger partial charge in [0.1, 0.15) is 12.2 Å². The van der Waals surface area contributed by atoms with Crippen molar-refractivity contribution in [1.82, 2.24) is 20.1 Å². The van der Waals surface area contributed by atoms with Gasteiger partial charge in [0.15, 0.2) is 0 Å². The molecule has 0 saturated carbocycles. The van der Waals surface area contributed by atoms with Gasteiger partial charge in [-0.2, -0.15) is 0 Å². The molecule has 1 atom stereocenters. The highest BCUT2D eigenvalue weighted by atomic mass is 35.5. The minimum absolute atomic E-state index is 0.0134. The first-order chi connectivity index (χ1) is 10.5. The Bertz CT molecular complexity index is 639. The molecule has 0 fully saturated rings. The van der Waals surface area contributed by atoms with Gasteiger partial charge in [-0.1, -0.05) is 37.6 Å². The van der Waals surface area contributed by atoms with Crippen molar-refractivity contribution < 1.29 is 4.79 Å². The molecule has 2 aromatic rings. The number of nitrogens with zero attached hydrogens (tertiary/aromatic N) is 3. The van der Waals surface area contributed by atoms with Gasteiger partial charge in [-0.25, -0.2) is 0 Å². The van der Waals surface area contributed by atoms with Gasteiger partial charge in [0.25, 0.3) is 0 Å². The molecule has 0 aliphatic heterocycles. The third-order valence-electron chi connectivity index (χ3n) is 3.61. The molecule has 0 aliphatic rings. The lowest BCUT2D eigenvalue weighted by Crippen LogP contribution is -2.33. The number of benzene rings is 1. The second kappa shape index (κ2) is 7.40. The molecule has 1 aromatic heterocycles. The zero-order chi connectivity index (χ0) is 16.1. The van der Waals surface area contributed by atoms with Crippen molar-refractivity contribution in [2.45, 2.75) is 26.2 Å². The van der Waals surface area contributed by atoms with Crippen LogP contribution >= 0.6 is 11.6 Å². The van der Waals surface area contributed by atoms with E-state index in [1.807, 2.05) is 49.7 Å². The van der Waals surface area contributed by atoms with E-state index in [0.717, 1.165) is 11.4 Å². The minimum Gasteiger partial charge on any atom is -0.355 e. The zero-order valence-corrected chi connectivity index (χ0v) is 13.8. The van der Waals surface area contributed by atoms with Gasteiger partial charge in [-0.15, -0.1) is 10.2 Å². The molecule has 1 amide bonds. The molecule has 22 heavy (non-hydrogen) atoms. The first-order valence-electron chi connectivity index (χ1n) is 7.35. The van der Waals surface area contributed by atoms with Crippen molar-refractivity contribution in [3.8, 4) is 0 Å². The maximum atomic E-state index is 12.5. The van der Waals surface area contributed by atoms with Crippen molar-refractivity contribution in [1.29, 1.82) is 0 Å². The third-order valence-corrected chi connectivity index (χ3v) is 3.85. The summed E-state index contributed by atoms with van der Waals surface area (Å²) in [7, 11) is 1.89. The van der Waals surface area contributed by atoms with Gasteiger partial charge >= 0.3 is 0 Å². The number of rotatable bonds is 6. The van der Waals surface area contributed by atoms with Gasteiger partial charge in [0, 0.05) is 25.0 Å². The van der Waals surface area contributed by atoms with E-state index >= 15 is 0 Å². The molecule has 1 N–H and O–H groups in total. The number of hydrogen-bond donors (Lipinski definition) is 1. The number of aromatic nitrogens is 3. The minimum atomic E-state index is -0.210. The van der Waals surface area contributed by atoms with E-state index in [1.54, 1.807) is 6.33 Å². The van der Waals surface area contributed by atoms with E-state index in [2.05, 4.69) is 15.5 Å². The Morgan fingerprint density at radius 3 is 2.77 bits per heavy atom. The molecule has 0 radical (unpaired) electrons. The Morgan fingerprint density at radius 1 is 1.41 bits per heavy atom. The van der Waals surface area contributed by atoms with Crippen LogP contribution in [0.3, 0.4) is 0 Å². The smallest absolute Gasteiger partial charge is 0.227 e. The van der Waals surface area contributed by atoms with Crippen LogP contribution in [0.1, 0.15) is 31.2 Å². The van der Waals surface area contributed by atoms with Crippen LogP contribution in [0.2, 0.25) is 5.02 Å². The van der Waals surface area contributed by atoms with Crippen LogP contribution in [-0.4, -0.2) is 27.2 Å². The van der Waals surface area contributed by atoms with Crippen LogP contribution in [0.25, 0.3) is 0 Å². The summed E-state index contributed by atoms with van der Waals surface area (Å²) in [5.74, 6) is 0.843. The first-order valence-corrected chi connectivity index (χ1v) is 7.73. The maximum Gasteiger partial charge on any atom is 0.227 e. The first kappa shape index (κ1) is 16.5. The average Bonchev–Trinajstić information content (AvgIpc) is 2.84. The molecule has 118 valence electrons. The lowest BCUT2D eigenvalue weighted by atomic mass is 9.87. The summed E-state index contributed by atoms with van der Waals surface area (Å²) in [6, 6.07) is 7.49. The predicted molar refractivity (Wildman–Crippen MR) is 86.7 cm³/mol. The molecule has 1 aromatic carbocycles. The predicted octanol–water partition coefficient (Wildman–Crippen LogP) is 2.57. The van der Waals surface area contributed by atoms with Crippen molar-refractivity contribution >= 4 is 17.5 Å². The molecule has 0 spiro atoms. The number of aryl methyl sites for hydroxylation is 1. The molecule has 1 unspecified atom stereocenters. The van der Waals surface area contributed by atoms with Gasteiger partial charge in [0.05, 0.1) is 5.92 Å². The summed E-state index contributed by atoms with van der Waals surface area (Å²) in [5, 5.41) is 11.5. The second-order valence-corrected chi connectivity index (χ2v) is 6.11. The fourth-order valence-corrected chi connectivity index (χ4v) is 2.68. The van der Waals surface area contributed by atoms with Crippen LogP contribution in [0.4, 0.5) is 0 Å². The third kappa shape index (κ3) is 4.07. The highest BCUT2D eigenvalue weighted by Gasteiger charge is 2.24. The molecule has 0 saturated heterocycles. The van der Waals surface area contributed by atoms with Crippen LogP contribution in [-0.2, 0) is 18.3 Å². The number of hydrogen-bond acceptors (Lipinski definition) is 3. The highest BCUT2D eigenvalue weighted by Crippen LogP contribution is 2.26. The summed E-state index contributed by atoms with van der Waals surface area (Å²) in [6.07, 6.45) is 2.31. The largest absolute Gasteiger partial charge is 0.355 e. The van der Waals surface area contributed by atoms with Crippen LogP contribution < -0.4 is 5.32 Å². The summed E-state index contributed by atoms with van der Waals surface area (Å²) < 4.78 is 1.85. The summed E-state index contributed by atoms with van der Waals surface area (Å²) in [6.45, 7) is 4.61. The fourth-order valence-electron chi connectivity index (χ4n) is 2.48. The standard InChI is InChI=1S/C16H21ClN4O/c1-11(2)15(12-5-4-6-13(17)9-12)16(22)18-8-7-14-20-19-10-21(14)3/h4-6,9-11,15H,7-8H2,1-3H3,(H,18,22). The van der Waals surface area contributed by atoms with E-state index in [-0.39, 0.29) is 17.7 Å². The second-order valence-electron chi connectivity index (χ2n) is 5.68. The van der Waals surface area contributed by atoms with Crippen molar-refractivity contribution in [2.24, 2.45) is 13.0 Å². The molecule has 0 aliphatic carbocycles. The quantitative estimate of drug-likeness (QED) is 0.890. The van der Waals surface area contributed by atoms with Crippen LogP contribution in [0.5, 0.6) is 0 Å². The van der Waals surface area contributed by atoms with Gasteiger partial charge in [0.2, 0.25) is 5.91 Å². The maximum absolute atomic E-state index is 12.5. The van der Waals surface area contributed by atoms with Crippen LogP contribution in [0, 0.1) is 5.92 Å². The molecule has 0 bridgehead atoms. The number of amides is 1. The Morgan fingerprint density at radius 2 is 2.18 bits per heavy atom. The molecule has 2 rings (SSSR count).